The predicted octanol–water partition coefficient (Wildman–Crippen LogP) is -1.88. The number of rotatable bonds is 8. The molecule has 2 rings (SSSR count). The molecule has 1 amide bonds. The second-order valence-corrected chi connectivity index (χ2v) is 6.83. The van der Waals surface area contributed by atoms with Gasteiger partial charge in [0.2, 0.25) is 0 Å². The summed E-state index contributed by atoms with van der Waals surface area (Å²) in [5, 5.41) is 31.1. The van der Waals surface area contributed by atoms with Crippen LogP contribution in [-0.4, -0.2) is 94.7 Å². The van der Waals surface area contributed by atoms with Crippen LogP contribution in [0.3, 0.4) is 0 Å². The molecule has 1 unspecified atom stereocenters. The molecule has 0 aromatic carbocycles. The smallest absolute Gasteiger partial charge is 0.267 e. The van der Waals surface area contributed by atoms with Crippen molar-refractivity contribution in [3.8, 4) is 11.1 Å². The highest BCUT2D eigenvalue weighted by atomic mass is 35.5. The van der Waals surface area contributed by atoms with Crippen molar-refractivity contribution < 1.29 is 20.1 Å². The second kappa shape index (κ2) is 8.51. The summed E-state index contributed by atoms with van der Waals surface area (Å²) in [6.45, 7) is -0.105. The Morgan fingerprint density at radius 2 is 1.86 bits per heavy atom. The summed E-state index contributed by atoms with van der Waals surface area (Å²) in [5.74, 6) is -0.467. The van der Waals surface area contributed by atoms with Crippen molar-refractivity contribution in [1.29, 1.82) is 0 Å². The average molecular weight is 404 g/mol. The molecule has 0 aliphatic rings. The molecule has 14 heteroatoms. The number of carbonyl (C=O) groups excluding carboxylic acids is 1. The number of pyridine rings is 1. The highest BCUT2D eigenvalue weighted by Crippen LogP contribution is 2.37. The van der Waals surface area contributed by atoms with Crippen molar-refractivity contribution in [1.82, 2.24) is 15.3 Å². The topological polar surface area (TPSA) is 130 Å². The third-order valence-corrected chi connectivity index (χ3v) is 4.38. The van der Waals surface area contributed by atoms with E-state index in [0.717, 1.165) is 0 Å². The van der Waals surface area contributed by atoms with E-state index in [4.69, 9.17) is 55.9 Å². The average Bonchev–Trinajstić information content (AvgIpc) is 3.09. The normalized spacial score (nSPS) is 14.2. The van der Waals surface area contributed by atoms with Crippen LogP contribution in [0, 0.1) is 0 Å². The van der Waals surface area contributed by atoms with Crippen molar-refractivity contribution in [2.24, 2.45) is 0 Å². The minimum Gasteiger partial charge on any atom is -0.395 e. The van der Waals surface area contributed by atoms with Crippen molar-refractivity contribution >= 4 is 62.6 Å². The Kier molecular flexibility index (Phi) is 6.89. The number of hydrogen-bond acceptors (Lipinski definition) is 6. The zero-order chi connectivity index (χ0) is 22.0. The number of H-pyrrole nitrogens is 1. The molecule has 2 aromatic heterocycles. The summed E-state index contributed by atoms with van der Waals surface area (Å²) in [7, 11) is 27.8. The number of aromatic amines is 1. The molecule has 0 fully saturated rings. The maximum atomic E-state index is 12.0. The molecule has 140 valence electrons. The van der Waals surface area contributed by atoms with E-state index in [9.17, 15) is 15.0 Å². The summed E-state index contributed by atoms with van der Waals surface area (Å²) in [4.78, 5) is 18.7. The standard InChI is InChI=1S/C15H14B5ClN4O4/c16-13(14(17,18)19,15(20,28)29)25-11-4-8(9(21)6-24-11)7-3-10(23-5-7)12(27)22-1-2-26/h3-6,23,26,28-29H,1-2H2,(H,22,27)(H,24,25). The Bertz CT molecular complexity index is 870. The monoisotopic (exact) mass is 404 g/mol. The zero-order valence-electron chi connectivity index (χ0n) is 15.2. The van der Waals surface area contributed by atoms with Gasteiger partial charge in [-0.05, 0) is 12.1 Å². The van der Waals surface area contributed by atoms with E-state index in [1.807, 2.05) is 0 Å². The van der Waals surface area contributed by atoms with Crippen molar-refractivity contribution in [2.45, 2.75) is 16.2 Å². The van der Waals surface area contributed by atoms with Crippen molar-refractivity contribution in [3.63, 3.8) is 0 Å². The number of halogens is 1. The second-order valence-electron chi connectivity index (χ2n) is 6.42. The van der Waals surface area contributed by atoms with E-state index < -0.39 is 22.1 Å². The highest BCUT2D eigenvalue weighted by molar-refractivity contribution is 6.63. The molecule has 0 aliphatic carbocycles. The maximum Gasteiger partial charge on any atom is 0.267 e. The Hall–Kier alpha value is -1.81. The number of aliphatic hydroxyl groups excluding tert-OH is 1. The number of nitrogens with zero attached hydrogens (tertiary/aromatic N) is 1. The van der Waals surface area contributed by atoms with Crippen LogP contribution < -0.4 is 10.6 Å². The molecule has 29 heavy (non-hydrogen) atoms. The Morgan fingerprint density at radius 1 is 1.21 bits per heavy atom. The first-order chi connectivity index (χ1) is 13.3. The molecule has 6 N–H and O–H groups in total. The molecular weight excluding hydrogens is 390 g/mol. The molecule has 0 aliphatic heterocycles. The fourth-order valence-corrected chi connectivity index (χ4v) is 2.61. The van der Waals surface area contributed by atoms with Gasteiger partial charge in [0.25, 0.3) is 5.91 Å². The summed E-state index contributed by atoms with van der Waals surface area (Å²) in [5.41, 5.74) is -4.52. The highest BCUT2D eigenvalue weighted by Gasteiger charge is 2.48. The third kappa shape index (κ3) is 5.03. The first kappa shape index (κ1) is 23.5. The van der Waals surface area contributed by atoms with Gasteiger partial charge in [0, 0.05) is 35.5 Å². The van der Waals surface area contributed by atoms with Crippen molar-refractivity contribution in [3.05, 3.63) is 35.2 Å². The largest absolute Gasteiger partial charge is 0.395 e. The van der Waals surface area contributed by atoms with Gasteiger partial charge < -0.3 is 30.9 Å². The van der Waals surface area contributed by atoms with E-state index >= 15 is 0 Å². The van der Waals surface area contributed by atoms with Crippen LogP contribution in [0.5, 0.6) is 0 Å². The van der Waals surface area contributed by atoms with Gasteiger partial charge in [-0.3, -0.25) is 4.79 Å². The lowest BCUT2D eigenvalue weighted by atomic mass is 9.28. The third-order valence-electron chi connectivity index (χ3n) is 4.08. The quantitative estimate of drug-likeness (QED) is 0.226. The summed E-state index contributed by atoms with van der Waals surface area (Å²) < 4.78 is 0. The van der Waals surface area contributed by atoms with Crippen LogP contribution in [0.4, 0.5) is 5.82 Å². The Labute approximate surface area is 179 Å². The lowest BCUT2D eigenvalue weighted by Gasteiger charge is -2.52. The van der Waals surface area contributed by atoms with Crippen LogP contribution in [0.15, 0.2) is 24.5 Å². The van der Waals surface area contributed by atoms with Crippen LogP contribution in [0.2, 0.25) is 10.1 Å². The molecule has 2 heterocycles. The first-order valence-electron chi connectivity index (χ1n) is 8.21. The van der Waals surface area contributed by atoms with Gasteiger partial charge in [-0.15, -0.1) is 5.11 Å². The molecule has 0 bridgehead atoms. The van der Waals surface area contributed by atoms with Gasteiger partial charge in [0.15, 0.2) is 7.85 Å². The summed E-state index contributed by atoms with van der Waals surface area (Å²) in [6.07, 6.45) is 2.76. The lowest BCUT2D eigenvalue weighted by Crippen LogP contribution is -2.67. The van der Waals surface area contributed by atoms with Crippen LogP contribution >= 0.6 is 11.6 Å². The Morgan fingerprint density at radius 3 is 2.41 bits per heavy atom. The Balaban J connectivity index is 2.38. The van der Waals surface area contributed by atoms with Gasteiger partial charge >= 0.3 is 0 Å². The molecule has 8 nitrogen and oxygen atoms in total. The fourth-order valence-electron chi connectivity index (χ4n) is 2.39. The van der Waals surface area contributed by atoms with Gasteiger partial charge in [-0.25, -0.2) is 4.98 Å². The number of amides is 1. The van der Waals surface area contributed by atoms with Crippen molar-refractivity contribution in [2.75, 3.05) is 18.5 Å². The van der Waals surface area contributed by atoms with E-state index in [1.54, 1.807) is 0 Å². The number of aliphatic hydroxyl groups is 3. The van der Waals surface area contributed by atoms with Gasteiger partial charge in [0.1, 0.15) is 25.0 Å². The van der Waals surface area contributed by atoms with Crippen LogP contribution in [-0.2, 0) is 0 Å². The number of carbonyl (C=O) groups is 1. The maximum absolute atomic E-state index is 12.0. The van der Waals surface area contributed by atoms with E-state index in [1.165, 1.54) is 24.5 Å². The van der Waals surface area contributed by atoms with E-state index in [0.29, 0.717) is 11.1 Å². The molecule has 2 aromatic rings. The molecule has 0 saturated carbocycles. The first-order valence-corrected chi connectivity index (χ1v) is 8.58. The van der Waals surface area contributed by atoms with E-state index in [2.05, 4.69) is 20.6 Å². The van der Waals surface area contributed by atoms with Gasteiger partial charge in [-0.2, -0.15) is 0 Å². The minimum absolute atomic E-state index is 0.0389. The molecule has 1 atom stereocenters. The molecule has 0 saturated heterocycles. The lowest BCUT2D eigenvalue weighted by molar-refractivity contribution is -0.109. The van der Waals surface area contributed by atoms with Gasteiger partial charge in [0.05, 0.1) is 35.2 Å². The summed E-state index contributed by atoms with van der Waals surface area (Å²) in [6, 6.07) is 2.90. The summed E-state index contributed by atoms with van der Waals surface area (Å²) >= 11 is 6.19. The minimum atomic E-state index is -3.13. The number of aromatic nitrogens is 2. The SMILES string of the molecule is [B]C([B])([B])C([B])(Nc1cc(-c2c[nH]c(C(=O)NCCO)c2)c(Cl)cn1)C([B])(O)O. The molecule has 10 radical (unpaired) electrons. The van der Waals surface area contributed by atoms with Crippen LogP contribution in [0.1, 0.15) is 10.5 Å². The van der Waals surface area contributed by atoms with Crippen LogP contribution in [0.25, 0.3) is 11.1 Å². The fraction of sp³-hybridized carbons (Fsp3) is 0.333. The molecule has 0 spiro atoms. The number of hydrogen-bond donors (Lipinski definition) is 6. The van der Waals surface area contributed by atoms with Gasteiger partial charge in [-0.1, -0.05) is 11.6 Å². The molecular formula is C15H14B5ClN4O4. The number of anilines is 1. The number of nitrogens with one attached hydrogen (secondary N) is 3. The van der Waals surface area contributed by atoms with E-state index in [-0.39, 0.29) is 29.7 Å². The zero-order valence-corrected chi connectivity index (χ0v) is 15.9. The predicted molar refractivity (Wildman–Crippen MR) is 113 cm³/mol.